The Bertz CT molecular complexity index is 2030. The standard InChI is InChI=1S/C38H32N4O/c1-3-26-23-27(4-2)37(43)35(24-26)42-34-18-9-8-17-31(34)32-20-21-33(40-38(32)42)28-13-12-16-30(25-28)41(29-14-6-5-7-15-29)36-19-10-11-22-39-36/h5-25,43H,3-4H2,1-2H3. The van der Waals surface area contributed by atoms with E-state index in [1.165, 1.54) is 5.56 Å². The molecule has 4 aromatic carbocycles. The lowest BCUT2D eigenvalue weighted by Crippen LogP contribution is -2.11. The summed E-state index contributed by atoms with van der Waals surface area (Å²) in [5.41, 5.74) is 8.61. The van der Waals surface area contributed by atoms with Crippen molar-refractivity contribution in [1.29, 1.82) is 0 Å². The molecule has 0 bridgehead atoms. The van der Waals surface area contributed by atoms with Gasteiger partial charge in [0.05, 0.1) is 16.9 Å². The average molecular weight is 561 g/mol. The van der Waals surface area contributed by atoms with Crippen molar-refractivity contribution in [3.63, 3.8) is 0 Å². The molecule has 7 rings (SSSR count). The molecule has 43 heavy (non-hydrogen) atoms. The van der Waals surface area contributed by atoms with Crippen LogP contribution in [0.4, 0.5) is 17.2 Å². The van der Waals surface area contributed by atoms with Crippen molar-refractivity contribution in [3.8, 4) is 22.7 Å². The summed E-state index contributed by atoms with van der Waals surface area (Å²) >= 11 is 0. The normalized spacial score (nSPS) is 11.3. The molecule has 7 aromatic rings. The summed E-state index contributed by atoms with van der Waals surface area (Å²) in [4.78, 5) is 12.1. The lowest BCUT2D eigenvalue weighted by molar-refractivity contribution is 0.466. The zero-order chi connectivity index (χ0) is 29.3. The topological polar surface area (TPSA) is 54.2 Å². The molecule has 0 amide bonds. The first kappa shape index (κ1) is 26.5. The number of fused-ring (bicyclic) bond motifs is 3. The molecule has 5 nitrogen and oxygen atoms in total. The first-order valence-electron chi connectivity index (χ1n) is 14.8. The largest absolute Gasteiger partial charge is 0.505 e. The summed E-state index contributed by atoms with van der Waals surface area (Å²) in [5.74, 6) is 1.15. The first-order chi connectivity index (χ1) is 21.2. The Hall–Kier alpha value is -5.42. The van der Waals surface area contributed by atoms with Crippen molar-refractivity contribution in [2.45, 2.75) is 26.7 Å². The van der Waals surface area contributed by atoms with Crippen molar-refractivity contribution in [3.05, 3.63) is 139 Å². The number of pyridine rings is 2. The van der Waals surface area contributed by atoms with Crippen LogP contribution in [0.25, 0.3) is 38.9 Å². The Morgan fingerprint density at radius 2 is 1.49 bits per heavy atom. The second-order valence-electron chi connectivity index (χ2n) is 10.7. The van der Waals surface area contributed by atoms with E-state index in [-0.39, 0.29) is 0 Å². The van der Waals surface area contributed by atoms with Crippen LogP contribution >= 0.6 is 0 Å². The summed E-state index contributed by atoms with van der Waals surface area (Å²) in [6.07, 6.45) is 3.46. The van der Waals surface area contributed by atoms with Crippen molar-refractivity contribution < 1.29 is 5.11 Å². The van der Waals surface area contributed by atoms with Crippen LogP contribution in [0, 0.1) is 0 Å². The van der Waals surface area contributed by atoms with E-state index in [0.29, 0.717) is 5.75 Å². The zero-order valence-corrected chi connectivity index (χ0v) is 24.3. The van der Waals surface area contributed by atoms with E-state index in [0.717, 1.165) is 74.5 Å². The van der Waals surface area contributed by atoms with E-state index in [1.807, 2.05) is 48.7 Å². The van der Waals surface area contributed by atoms with Crippen molar-refractivity contribution >= 4 is 39.1 Å². The highest BCUT2D eigenvalue weighted by atomic mass is 16.3. The van der Waals surface area contributed by atoms with Gasteiger partial charge in [0.1, 0.15) is 17.2 Å². The number of rotatable bonds is 7. The lowest BCUT2D eigenvalue weighted by Gasteiger charge is -2.24. The van der Waals surface area contributed by atoms with Crippen LogP contribution in [0.5, 0.6) is 5.75 Å². The Kier molecular flexibility index (Phi) is 6.84. The summed E-state index contributed by atoms with van der Waals surface area (Å²) < 4.78 is 2.12. The lowest BCUT2D eigenvalue weighted by atomic mass is 10.0. The summed E-state index contributed by atoms with van der Waals surface area (Å²) in [7, 11) is 0. The monoisotopic (exact) mass is 560 g/mol. The van der Waals surface area contributed by atoms with Gasteiger partial charge in [-0.3, -0.25) is 9.47 Å². The molecule has 0 aliphatic rings. The van der Waals surface area contributed by atoms with Crippen molar-refractivity contribution in [2.24, 2.45) is 0 Å². The van der Waals surface area contributed by atoms with Crippen LogP contribution in [-0.2, 0) is 12.8 Å². The third-order valence-corrected chi connectivity index (χ3v) is 8.07. The van der Waals surface area contributed by atoms with Gasteiger partial charge in [-0.25, -0.2) is 9.97 Å². The molecule has 0 saturated carbocycles. The number of hydrogen-bond donors (Lipinski definition) is 1. The van der Waals surface area contributed by atoms with Crippen molar-refractivity contribution in [1.82, 2.24) is 14.5 Å². The van der Waals surface area contributed by atoms with Gasteiger partial charge >= 0.3 is 0 Å². The molecule has 210 valence electrons. The fraction of sp³-hybridized carbons (Fsp3) is 0.105. The van der Waals surface area contributed by atoms with Crippen molar-refractivity contribution in [2.75, 3.05) is 4.90 Å². The minimum atomic E-state index is 0.311. The average Bonchev–Trinajstić information content (AvgIpc) is 3.40. The molecule has 0 unspecified atom stereocenters. The number of aromatic nitrogens is 3. The number of hydrogen-bond acceptors (Lipinski definition) is 4. The van der Waals surface area contributed by atoms with Gasteiger partial charge in [0, 0.05) is 33.9 Å². The van der Waals surface area contributed by atoms with Crippen LogP contribution in [0.15, 0.2) is 128 Å². The van der Waals surface area contributed by atoms with Crippen LogP contribution in [0.2, 0.25) is 0 Å². The Labute approximate surface area is 251 Å². The van der Waals surface area contributed by atoms with E-state index in [2.05, 4.69) is 107 Å². The zero-order valence-electron chi connectivity index (χ0n) is 24.3. The summed E-state index contributed by atoms with van der Waals surface area (Å²) in [6.45, 7) is 4.23. The Morgan fingerprint density at radius 3 is 2.28 bits per heavy atom. The SMILES string of the molecule is CCc1cc(CC)c(O)c(-n2c3ccccc3c3ccc(-c4cccc(N(c5ccccc5)c5ccccn5)c4)nc32)c1. The van der Waals surface area contributed by atoms with E-state index in [4.69, 9.17) is 4.98 Å². The van der Waals surface area contributed by atoms with Gasteiger partial charge in [-0.05, 0) is 84.6 Å². The maximum absolute atomic E-state index is 11.4. The molecule has 0 saturated heterocycles. The number of benzene rings is 4. The minimum absolute atomic E-state index is 0.311. The van der Waals surface area contributed by atoms with Gasteiger partial charge in [0.25, 0.3) is 0 Å². The van der Waals surface area contributed by atoms with Crippen LogP contribution < -0.4 is 4.90 Å². The predicted molar refractivity (Wildman–Crippen MR) is 177 cm³/mol. The molecule has 0 fully saturated rings. The number of phenols is 1. The number of phenolic OH excluding ortho intramolecular Hbond substituents is 1. The number of anilines is 3. The maximum Gasteiger partial charge on any atom is 0.146 e. The van der Waals surface area contributed by atoms with Gasteiger partial charge < -0.3 is 5.11 Å². The highest BCUT2D eigenvalue weighted by Gasteiger charge is 2.19. The first-order valence-corrected chi connectivity index (χ1v) is 14.8. The fourth-order valence-corrected chi connectivity index (χ4v) is 5.91. The van der Waals surface area contributed by atoms with Gasteiger partial charge in [0.15, 0.2) is 0 Å². The van der Waals surface area contributed by atoms with E-state index >= 15 is 0 Å². The molecule has 5 heteroatoms. The molecule has 0 radical (unpaired) electrons. The molecule has 1 N–H and O–H groups in total. The fourth-order valence-electron chi connectivity index (χ4n) is 5.91. The summed E-state index contributed by atoms with van der Waals surface area (Å²) in [5, 5.41) is 13.6. The highest BCUT2D eigenvalue weighted by molar-refractivity contribution is 6.08. The second kappa shape index (κ2) is 11.1. The molecule has 0 atom stereocenters. The molecular weight excluding hydrogens is 528 g/mol. The van der Waals surface area contributed by atoms with Crippen LogP contribution in [0.1, 0.15) is 25.0 Å². The molecule has 0 aliphatic carbocycles. The minimum Gasteiger partial charge on any atom is -0.505 e. The van der Waals surface area contributed by atoms with Crippen LogP contribution in [-0.4, -0.2) is 19.6 Å². The third kappa shape index (κ3) is 4.69. The number of aromatic hydroxyl groups is 1. The number of aryl methyl sites for hydroxylation is 2. The Morgan fingerprint density at radius 1 is 0.698 bits per heavy atom. The van der Waals surface area contributed by atoms with Gasteiger partial charge in [-0.2, -0.15) is 0 Å². The maximum atomic E-state index is 11.4. The summed E-state index contributed by atoms with van der Waals surface area (Å²) in [6, 6.07) is 41.4. The molecule has 0 aliphatic heterocycles. The van der Waals surface area contributed by atoms with Crippen LogP contribution in [0.3, 0.4) is 0 Å². The Balaban J connectivity index is 1.43. The van der Waals surface area contributed by atoms with E-state index in [1.54, 1.807) is 0 Å². The molecule has 3 heterocycles. The quantitative estimate of drug-likeness (QED) is 0.211. The van der Waals surface area contributed by atoms with Gasteiger partial charge in [-0.1, -0.05) is 74.5 Å². The smallest absolute Gasteiger partial charge is 0.146 e. The van der Waals surface area contributed by atoms with Gasteiger partial charge in [-0.15, -0.1) is 0 Å². The third-order valence-electron chi connectivity index (χ3n) is 8.07. The van der Waals surface area contributed by atoms with E-state index < -0.39 is 0 Å². The molecule has 3 aromatic heterocycles. The molecule has 0 spiro atoms. The predicted octanol–water partition coefficient (Wildman–Crippen LogP) is 9.54. The van der Waals surface area contributed by atoms with E-state index in [9.17, 15) is 5.11 Å². The number of para-hydroxylation sites is 2. The highest BCUT2D eigenvalue weighted by Crippen LogP contribution is 2.39. The molecular formula is C38H32N4O. The number of nitrogens with zero attached hydrogens (tertiary/aromatic N) is 4. The second-order valence-corrected chi connectivity index (χ2v) is 10.7. The van der Waals surface area contributed by atoms with Gasteiger partial charge in [0.2, 0.25) is 0 Å².